The van der Waals surface area contributed by atoms with Crippen molar-refractivity contribution in [2.24, 2.45) is 0 Å². The first kappa shape index (κ1) is 18.2. The summed E-state index contributed by atoms with van der Waals surface area (Å²) < 4.78 is 6.58. The minimum absolute atomic E-state index is 0.0266. The van der Waals surface area contributed by atoms with Gasteiger partial charge in [0.2, 0.25) is 0 Å². The van der Waals surface area contributed by atoms with Crippen LogP contribution in [0.3, 0.4) is 0 Å². The largest absolute Gasteiger partial charge is 0.497 e. The van der Waals surface area contributed by atoms with Gasteiger partial charge in [0.1, 0.15) is 5.75 Å². The van der Waals surface area contributed by atoms with Crippen molar-refractivity contribution in [3.63, 3.8) is 0 Å². The van der Waals surface area contributed by atoms with E-state index in [2.05, 4.69) is 5.10 Å². The Hall–Kier alpha value is -2.63. The molecule has 0 aliphatic heterocycles. The Balaban J connectivity index is 2.17. The second-order valence-electron chi connectivity index (χ2n) is 5.74. The van der Waals surface area contributed by atoms with Crippen LogP contribution in [0.15, 0.2) is 59.4 Å². The van der Waals surface area contributed by atoms with E-state index in [-0.39, 0.29) is 12.2 Å². The van der Waals surface area contributed by atoms with Crippen LogP contribution in [0.5, 0.6) is 5.75 Å². The molecule has 0 radical (unpaired) electrons. The monoisotopic (exact) mass is 370 g/mol. The van der Waals surface area contributed by atoms with Crippen LogP contribution in [0.4, 0.5) is 0 Å². The van der Waals surface area contributed by atoms with Gasteiger partial charge in [-0.05, 0) is 35.4 Å². The van der Waals surface area contributed by atoms with Gasteiger partial charge in [0.05, 0.1) is 26.0 Å². The quantitative estimate of drug-likeness (QED) is 0.676. The van der Waals surface area contributed by atoms with Crippen LogP contribution in [0.2, 0.25) is 0 Å². The van der Waals surface area contributed by atoms with Gasteiger partial charge in [-0.3, -0.25) is 4.79 Å². The second kappa shape index (κ2) is 8.17. The number of aryl methyl sites for hydroxylation is 1. The summed E-state index contributed by atoms with van der Waals surface area (Å²) in [5.41, 5.74) is 3.75. The van der Waals surface area contributed by atoms with Gasteiger partial charge in [0.15, 0.2) is 0 Å². The Kier molecular flexibility index (Phi) is 5.71. The predicted octanol–water partition coefficient (Wildman–Crippen LogP) is 3.32. The highest BCUT2D eigenvalue weighted by Gasteiger charge is 2.13. The second-order valence-corrected chi connectivity index (χ2v) is 6.12. The van der Waals surface area contributed by atoms with Gasteiger partial charge in [0, 0.05) is 23.1 Å². The number of ether oxygens (including phenoxy) is 1. The number of methoxy groups -OCH3 is 1. The molecule has 0 amide bonds. The molecule has 0 bridgehead atoms. The van der Waals surface area contributed by atoms with Crippen molar-refractivity contribution >= 4 is 11.6 Å². The maximum Gasteiger partial charge on any atom is 0.267 e. The summed E-state index contributed by atoms with van der Waals surface area (Å²) in [7, 11) is 1.61. The van der Waals surface area contributed by atoms with E-state index >= 15 is 0 Å². The van der Waals surface area contributed by atoms with E-state index in [1.807, 2.05) is 48.5 Å². The van der Waals surface area contributed by atoms with E-state index in [0.717, 1.165) is 28.0 Å². The van der Waals surface area contributed by atoms with Gasteiger partial charge in [0.25, 0.3) is 5.56 Å². The third-order valence-electron chi connectivity index (χ3n) is 4.11. The van der Waals surface area contributed by atoms with Crippen molar-refractivity contribution < 1.29 is 9.84 Å². The molecule has 2 aromatic carbocycles. The molecule has 1 N–H and O–H groups in total. The molecule has 3 rings (SSSR count). The molecule has 134 valence electrons. The Labute approximate surface area is 156 Å². The highest BCUT2D eigenvalue weighted by atomic mass is 35.5. The molecular weight excluding hydrogens is 352 g/mol. The number of nitrogens with zero attached hydrogens (tertiary/aromatic N) is 2. The number of rotatable bonds is 6. The molecule has 0 spiro atoms. The van der Waals surface area contributed by atoms with Crippen molar-refractivity contribution in [2.45, 2.75) is 13.2 Å². The summed E-state index contributed by atoms with van der Waals surface area (Å²) in [5, 5.41) is 13.8. The molecule has 0 saturated heterocycles. The number of hydrogen-bond acceptors (Lipinski definition) is 4. The summed E-state index contributed by atoms with van der Waals surface area (Å²) >= 11 is 5.80. The van der Waals surface area contributed by atoms with E-state index in [0.29, 0.717) is 18.1 Å². The zero-order valence-electron chi connectivity index (χ0n) is 14.4. The zero-order chi connectivity index (χ0) is 18.5. The average Bonchev–Trinajstić information content (AvgIpc) is 2.69. The van der Waals surface area contributed by atoms with Crippen molar-refractivity contribution in [1.82, 2.24) is 9.78 Å². The number of benzene rings is 2. The SMILES string of the molecule is COc1ccc(-c2nn(CCCl)c(=O)cc2-c2ccc(CO)cc2)cc1. The number of hydrogen-bond donors (Lipinski definition) is 1. The van der Waals surface area contributed by atoms with Gasteiger partial charge in [-0.1, -0.05) is 24.3 Å². The van der Waals surface area contributed by atoms with E-state index in [1.54, 1.807) is 13.2 Å². The molecule has 5 nitrogen and oxygen atoms in total. The molecule has 0 aliphatic carbocycles. The average molecular weight is 371 g/mol. The Bertz CT molecular complexity index is 935. The molecule has 3 aromatic rings. The van der Waals surface area contributed by atoms with Gasteiger partial charge in [-0.15, -0.1) is 11.6 Å². The minimum atomic E-state index is -0.204. The van der Waals surface area contributed by atoms with Crippen LogP contribution in [0, 0.1) is 0 Å². The van der Waals surface area contributed by atoms with Crippen LogP contribution in [-0.4, -0.2) is 27.9 Å². The smallest absolute Gasteiger partial charge is 0.267 e. The van der Waals surface area contributed by atoms with Crippen molar-refractivity contribution in [3.05, 3.63) is 70.5 Å². The van der Waals surface area contributed by atoms with Crippen molar-refractivity contribution in [1.29, 1.82) is 0 Å². The van der Waals surface area contributed by atoms with Gasteiger partial charge in [-0.2, -0.15) is 5.10 Å². The third-order valence-corrected chi connectivity index (χ3v) is 4.27. The maximum absolute atomic E-state index is 12.4. The van der Waals surface area contributed by atoms with E-state index in [1.165, 1.54) is 4.68 Å². The molecular formula is C20H19ClN2O3. The molecule has 1 aromatic heterocycles. The predicted molar refractivity (Wildman–Crippen MR) is 103 cm³/mol. The number of aliphatic hydroxyl groups is 1. The van der Waals surface area contributed by atoms with Crippen LogP contribution >= 0.6 is 11.6 Å². The lowest BCUT2D eigenvalue weighted by Gasteiger charge is -2.13. The van der Waals surface area contributed by atoms with Crippen LogP contribution in [0.1, 0.15) is 5.56 Å². The molecule has 26 heavy (non-hydrogen) atoms. The lowest BCUT2D eigenvalue weighted by atomic mass is 9.99. The van der Waals surface area contributed by atoms with Crippen LogP contribution < -0.4 is 10.3 Å². The van der Waals surface area contributed by atoms with Crippen LogP contribution in [-0.2, 0) is 13.2 Å². The molecule has 1 heterocycles. The third kappa shape index (κ3) is 3.79. The fourth-order valence-corrected chi connectivity index (χ4v) is 2.86. The highest BCUT2D eigenvalue weighted by molar-refractivity contribution is 6.17. The molecule has 6 heteroatoms. The highest BCUT2D eigenvalue weighted by Crippen LogP contribution is 2.30. The van der Waals surface area contributed by atoms with Gasteiger partial charge >= 0.3 is 0 Å². The topological polar surface area (TPSA) is 64.4 Å². The van der Waals surface area contributed by atoms with Crippen molar-refractivity contribution in [3.8, 4) is 28.1 Å². The fraction of sp³-hybridized carbons (Fsp3) is 0.200. The summed E-state index contributed by atoms with van der Waals surface area (Å²) in [6, 6.07) is 16.5. The number of halogens is 1. The number of aliphatic hydroxyl groups excluding tert-OH is 1. The number of alkyl halides is 1. The molecule has 0 atom stereocenters. The molecule has 0 fully saturated rings. The van der Waals surface area contributed by atoms with E-state index < -0.39 is 0 Å². The summed E-state index contributed by atoms with van der Waals surface area (Å²) in [5.74, 6) is 1.05. The first-order chi connectivity index (χ1) is 12.7. The molecule has 0 aliphatic rings. The lowest BCUT2D eigenvalue weighted by Crippen LogP contribution is -2.24. The summed E-state index contributed by atoms with van der Waals surface area (Å²) in [4.78, 5) is 12.4. The van der Waals surface area contributed by atoms with Gasteiger partial charge in [-0.25, -0.2) is 4.68 Å². The first-order valence-corrected chi connectivity index (χ1v) is 8.72. The minimum Gasteiger partial charge on any atom is -0.497 e. The fourth-order valence-electron chi connectivity index (χ4n) is 2.70. The Morgan fingerprint density at radius 2 is 1.73 bits per heavy atom. The normalized spacial score (nSPS) is 10.7. The van der Waals surface area contributed by atoms with Crippen molar-refractivity contribution in [2.75, 3.05) is 13.0 Å². The standard InChI is InChI=1S/C20H19ClN2O3/c1-26-17-8-6-16(7-9-17)20-18(12-19(25)23(22-20)11-10-21)15-4-2-14(13-24)3-5-15/h2-9,12,24H,10-11,13H2,1H3. The summed E-state index contributed by atoms with van der Waals surface area (Å²) in [6.07, 6.45) is 0. The Morgan fingerprint density at radius 1 is 1.08 bits per heavy atom. The maximum atomic E-state index is 12.4. The Morgan fingerprint density at radius 3 is 2.31 bits per heavy atom. The summed E-state index contributed by atoms with van der Waals surface area (Å²) in [6.45, 7) is 0.314. The lowest BCUT2D eigenvalue weighted by molar-refractivity contribution is 0.282. The number of aromatic nitrogens is 2. The van der Waals surface area contributed by atoms with E-state index in [4.69, 9.17) is 16.3 Å². The zero-order valence-corrected chi connectivity index (χ0v) is 15.1. The van der Waals surface area contributed by atoms with E-state index in [9.17, 15) is 9.90 Å². The first-order valence-electron chi connectivity index (χ1n) is 8.19. The van der Waals surface area contributed by atoms with Crippen LogP contribution in [0.25, 0.3) is 22.4 Å². The molecule has 0 saturated carbocycles. The van der Waals surface area contributed by atoms with Gasteiger partial charge < -0.3 is 9.84 Å². The molecule has 0 unspecified atom stereocenters.